The molecule has 6 aromatic rings. The standard InChI is InChI=1S/C33H22N2Si/c1-2-12-24(13-3-1)36-30-18-8-6-15-26(30)28-21-20-23-11-4-5-14-25(23)32(28)35(36)33-29(17-10-22-34-33)27-16-7-9-19-31(27)36/h1-22H. The molecule has 8 rings (SSSR count). The van der Waals surface area contributed by atoms with Gasteiger partial charge in [0.25, 0.3) is 8.24 Å². The van der Waals surface area contributed by atoms with E-state index in [2.05, 4.69) is 132 Å². The van der Waals surface area contributed by atoms with Gasteiger partial charge in [-0.25, -0.2) is 4.98 Å². The summed E-state index contributed by atoms with van der Waals surface area (Å²) in [6.45, 7) is 0. The first-order valence-corrected chi connectivity index (χ1v) is 14.4. The summed E-state index contributed by atoms with van der Waals surface area (Å²) in [4.78, 5) is 5.11. The maximum atomic E-state index is 5.11. The SMILES string of the molecule is c1ccc([Si]23c4ccccc4-c4cccnc4N2c2c(ccc4ccccc24)-c2ccccc23)cc1. The van der Waals surface area contributed by atoms with Crippen molar-refractivity contribution in [1.29, 1.82) is 0 Å². The van der Waals surface area contributed by atoms with Crippen LogP contribution in [0.4, 0.5) is 11.5 Å². The molecule has 5 aromatic carbocycles. The Bertz CT molecular complexity index is 1810. The fourth-order valence-electron chi connectivity index (χ4n) is 6.50. The maximum Gasteiger partial charge on any atom is 0.260 e. The molecule has 3 heterocycles. The Morgan fingerprint density at radius 1 is 0.500 bits per heavy atom. The molecule has 3 heteroatoms. The molecular formula is C33H22N2Si. The highest BCUT2D eigenvalue weighted by atomic mass is 28.3. The van der Waals surface area contributed by atoms with Crippen LogP contribution in [-0.2, 0) is 0 Å². The fourth-order valence-corrected chi connectivity index (χ4v) is 11.8. The summed E-state index contributed by atoms with van der Waals surface area (Å²) in [6, 6.07) is 46.9. The summed E-state index contributed by atoms with van der Waals surface area (Å²) in [5, 5.41) is 6.74. The van der Waals surface area contributed by atoms with Gasteiger partial charge in [-0.3, -0.25) is 0 Å². The summed E-state index contributed by atoms with van der Waals surface area (Å²) in [5.41, 5.74) is 6.38. The molecule has 0 radical (unpaired) electrons. The van der Waals surface area contributed by atoms with Crippen molar-refractivity contribution in [3.05, 3.63) is 134 Å². The lowest BCUT2D eigenvalue weighted by atomic mass is 9.97. The van der Waals surface area contributed by atoms with Gasteiger partial charge in [0.15, 0.2) is 0 Å². The summed E-state index contributed by atoms with van der Waals surface area (Å²) in [5.74, 6) is 1.05. The van der Waals surface area contributed by atoms with Gasteiger partial charge in [0.05, 0.1) is 5.69 Å². The summed E-state index contributed by atoms with van der Waals surface area (Å²) >= 11 is 0. The molecule has 0 fully saturated rings. The molecule has 0 bridgehead atoms. The fraction of sp³-hybridized carbons (Fsp3) is 0. The zero-order valence-electron chi connectivity index (χ0n) is 19.6. The van der Waals surface area contributed by atoms with Crippen LogP contribution in [-0.4, -0.2) is 13.2 Å². The van der Waals surface area contributed by atoms with E-state index in [0.29, 0.717) is 0 Å². The molecule has 2 aliphatic rings. The lowest BCUT2D eigenvalue weighted by Gasteiger charge is -2.52. The lowest BCUT2D eigenvalue weighted by molar-refractivity contribution is 1.21. The number of hydrogen-bond acceptors (Lipinski definition) is 2. The van der Waals surface area contributed by atoms with Crippen LogP contribution in [0.3, 0.4) is 0 Å². The number of aromatic nitrogens is 1. The van der Waals surface area contributed by atoms with E-state index in [-0.39, 0.29) is 0 Å². The highest BCUT2D eigenvalue weighted by Gasteiger charge is 2.55. The summed E-state index contributed by atoms with van der Waals surface area (Å²) in [6.07, 6.45) is 1.95. The van der Waals surface area contributed by atoms with Gasteiger partial charge in [-0.1, -0.05) is 115 Å². The Morgan fingerprint density at radius 2 is 1.14 bits per heavy atom. The third-order valence-corrected chi connectivity index (χ3v) is 12.6. The topological polar surface area (TPSA) is 16.1 Å². The van der Waals surface area contributed by atoms with Gasteiger partial charge in [-0.05, 0) is 44.2 Å². The van der Waals surface area contributed by atoms with Crippen molar-refractivity contribution in [2.24, 2.45) is 0 Å². The van der Waals surface area contributed by atoms with E-state index < -0.39 is 8.24 Å². The van der Waals surface area contributed by atoms with Crippen LogP contribution in [0, 0.1) is 0 Å². The van der Waals surface area contributed by atoms with Gasteiger partial charge < -0.3 is 4.57 Å². The quantitative estimate of drug-likeness (QED) is 0.272. The van der Waals surface area contributed by atoms with Crippen LogP contribution < -0.4 is 20.1 Å². The van der Waals surface area contributed by atoms with Crippen LogP contribution in [0.5, 0.6) is 0 Å². The lowest BCUT2D eigenvalue weighted by Crippen LogP contribution is -2.79. The van der Waals surface area contributed by atoms with E-state index >= 15 is 0 Å². The molecule has 36 heavy (non-hydrogen) atoms. The van der Waals surface area contributed by atoms with Gasteiger partial charge in [-0.2, -0.15) is 0 Å². The second kappa shape index (κ2) is 7.26. The van der Waals surface area contributed by atoms with Crippen molar-refractivity contribution in [3.63, 3.8) is 0 Å². The van der Waals surface area contributed by atoms with Gasteiger partial charge >= 0.3 is 0 Å². The molecule has 1 atom stereocenters. The smallest absolute Gasteiger partial charge is 0.260 e. The van der Waals surface area contributed by atoms with Crippen LogP contribution in [0.15, 0.2) is 134 Å². The third-order valence-electron chi connectivity index (χ3n) is 7.86. The van der Waals surface area contributed by atoms with Gasteiger partial charge in [0.1, 0.15) is 5.82 Å². The average molecular weight is 475 g/mol. The van der Waals surface area contributed by atoms with Gasteiger partial charge in [0, 0.05) is 22.7 Å². The van der Waals surface area contributed by atoms with Crippen molar-refractivity contribution < 1.29 is 0 Å². The predicted molar refractivity (Wildman–Crippen MR) is 152 cm³/mol. The molecule has 0 N–H and O–H groups in total. The first-order chi connectivity index (χ1) is 17.9. The van der Waals surface area contributed by atoms with Crippen molar-refractivity contribution in [1.82, 2.24) is 4.98 Å². The Kier molecular flexibility index (Phi) is 3.99. The zero-order valence-corrected chi connectivity index (χ0v) is 20.6. The van der Waals surface area contributed by atoms with E-state index in [1.165, 1.54) is 54.3 Å². The predicted octanol–water partition coefficient (Wildman–Crippen LogP) is 6.00. The molecular weight excluding hydrogens is 452 g/mol. The maximum absolute atomic E-state index is 5.11. The number of nitrogens with zero attached hydrogens (tertiary/aromatic N) is 2. The van der Waals surface area contributed by atoms with E-state index in [4.69, 9.17) is 4.98 Å². The van der Waals surface area contributed by atoms with Crippen molar-refractivity contribution in [2.75, 3.05) is 4.57 Å². The van der Waals surface area contributed by atoms with E-state index in [1.807, 2.05) is 6.20 Å². The molecule has 2 nitrogen and oxygen atoms in total. The second-order valence-corrected chi connectivity index (χ2v) is 13.1. The molecule has 0 aliphatic carbocycles. The highest BCUT2D eigenvalue weighted by Crippen LogP contribution is 2.50. The summed E-state index contributed by atoms with van der Waals surface area (Å²) < 4.78 is 2.67. The monoisotopic (exact) mass is 474 g/mol. The minimum atomic E-state index is -2.77. The van der Waals surface area contributed by atoms with Crippen LogP contribution in [0.1, 0.15) is 0 Å². The minimum absolute atomic E-state index is 1.05. The average Bonchev–Trinajstić information content (AvgIpc) is 2.97. The molecule has 168 valence electrons. The van der Waals surface area contributed by atoms with Crippen LogP contribution >= 0.6 is 0 Å². The number of rotatable bonds is 1. The summed E-state index contributed by atoms with van der Waals surface area (Å²) in [7, 11) is -2.77. The van der Waals surface area contributed by atoms with E-state index in [0.717, 1.165) is 5.82 Å². The zero-order chi connectivity index (χ0) is 23.7. The largest absolute Gasteiger partial charge is 0.339 e. The first kappa shape index (κ1) is 19.8. The minimum Gasteiger partial charge on any atom is -0.339 e. The number of benzene rings is 5. The van der Waals surface area contributed by atoms with Crippen molar-refractivity contribution in [2.45, 2.75) is 0 Å². The van der Waals surface area contributed by atoms with Crippen LogP contribution in [0.2, 0.25) is 0 Å². The normalized spacial score (nSPS) is 16.9. The molecule has 1 unspecified atom stereocenters. The number of pyridine rings is 1. The first-order valence-electron chi connectivity index (χ1n) is 12.4. The number of fused-ring (bicyclic) bond motifs is 13. The van der Waals surface area contributed by atoms with Gasteiger partial charge in [-0.15, -0.1) is 0 Å². The number of hydrogen-bond donors (Lipinski definition) is 0. The Morgan fingerprint density at radius 3 is 1.94 bits per heavy atom. The molecule has 1 aromatic heterocycles. The van der Waals surface area contributed by atoms with E-state index in [1.54, 1.807) is 0 Å². The Balaban J connectivity index is 1.66. The molecule has 0 saturated heterocycles. The van der Waals surface area contributed by atoms with Crippen molar-refractivity contribution in [3.8, 4) is 22.3 Å². The Labute approximate surface area is 211 Å². The van der Waals surface area contributed by atoms with E-state index in [9.17, 15) is 0 Å². The molecule has 0 spiro atoms. The second-order valence-electron chi connectivity index (χ2n) is 9.56. The molecule has 2 aliphatic heterocycles. The Hall–Kier alpha value is -4.47. The third kappa shape index (κ3) is 2.38. The van der Waals surface area contributed by atoms with Crippen LogP contribution in [0.25, 0.3) is 33.0 Å². The van der Waals surface area contributed by atoms with Gasteiger partial charge in [0.2, 0.25) is 0 Å². The molecule has 0 saturated carbocycles. The molecule has 0 amide bonds. The number of anilines is 2. The van der Waals surface area contributed by atoms with Crippen molar-refractivity contribution >= 4 is 46.1 Å². The highest BCUT2D eigenvalue weighted by molar-refractivity contribution is 7.16.